The van der Waals surface area contributed by atoms with Crippen LogP contribution >= 0.6 is 0 Å². The number of esters is 1. The summed E-state index contributed by atoms with van der Waals surface area (Å²) in [5.41, 5.74) is 4.36. The van der Waals surface area contributed by atoms with E-state index in [1.807, 2.05) is 38.1 Å². The molecule has 3 rings (SSSR count). The standard InChI is InChI=1S/C22H23NO4/c1-4-27-21(26)18(20(24)25)13-22(3)12-17-16(15-8-6-5-7-9-15)10-14(2)11-19(17)23-22/h5-11,13,23H,4,12H2,1-3H3,(H,24,25). The number of rotatable bonds is 5. The van der Waals surface area contributed by atoms with Gasteiger partial charge in [0.1, 0.15) is 5.57 Å². The lowest BCUT2D eigenvalue weighted by Gasteiger charge is -2.21. The molecular weight excluding hydrogens is 342 g/mol. The Hall–Kier alpha value is -3.08. The summed E-state index contributed by atoms with van der Waals surface area (Å²) in [4.78, 5) is 23.6. The fraction of sp³-hybridized carbons (Fsp3) is 0.273. The molecule has 140 valence electrons. The first-order chi connectivity index (χ1) is 12.8. The zero-order chi connectivity index (χ0) is 19.6. The van der Waals surface area contributed by atoms with Gasteiger partial charge in [-0.15, -0.1) is 0 Å². The van der Waals surface area contributed by atoms with Gasteiger partial charge in [-0.2, -0.15) is 0 Å². The van der Waals surface area contributed by atoms with E-state index in [1.165, 1.54) is 6.08 Å². The fourth-order valence-corrected chi connectivity index (χ4v) is 3.54. The maximum Gasteiger partial charge on any atom is 0.345 e. The van der Waals surface area contributed by atoms with Gasteiger partial charge in [0.2, 0.25) is 0 Å². The third-order valence-corrected chi connectivity index (χ3v) is 4.63. The molecule has 27 heavy (non-hydrogen) atoms. The molecule has 0 radical (unpaired) electrons. The fourth-order valence-electron chi connectivity index (χ4n) is 3.54. The Bertz CT molecular complexity index is 917. The van der Waals surface area contributed by atoms with Gasteiger partial charge in [0.15, 0.2) is 0 Å². The number of benzene rings is 2. The highest BCUT2D eigenvalue weighted by atomic mass is 16.5. The van der Waals surface area contributed by atoms with E-state index in [-0.39, 0.29) is 12.2 Å². The summed E-state index contributed by atoms with van der Waals surface area (Å²) in [6, 6.07) is 14.3. The van der Waals surface area contributed by atoms with Crippen LogP contribution < -0.4 is 5.32 Å². The molecule has 0 saturated heterocycles. The summed E-state index contributed by atoms with van der Waals surface area (Å²) in [6.07, 6.45) is 2.04. The molecule has 0 aliphatic carbocycles. The van der Waals surface area contributed by atoms with Crippen molar-refractivity contribution in [2.45, 2.75) is 32.7 Å². The van der Waals surface area contributed by atoms with Crippen LogP contribution in [0.3, 0.4) is 0 Å². The molecule has 2 aromatic carbocycles. The van der Waals surface area contributed by atoms with Gasteiger partial charge in [-0.3, -0.25) is 0 Å². The van der Waals surface area contributed by atoms with Crippen LogP contribution in [0.4, 0.5) is 5.69 Å². The molecule has 0 fully saturated rings. The minimum Gasteiger partial charge on any atom is -0.477 e. The van der Waals surface area contributed by atoms with Crippen LogP contribution in [0.15, 0.2) is 54.1 Å². The number of fused-ring (bicyclic) bond motifs is 1. The van der Waals surface area contributed by atoms with Crippen molar-refractivity contribution in [2.75, 3.05) is 11.9 Å². The minimum atomic E-state index is -1.29. The minimum absolute atomic E-state index is 0.130. The molecule has 2 N–H and O–H groups in total. The van der Waals surface area contributed by atoms with Crippen molar-refractivity contribution in [2.24, 2.45) is 0 Å². The van der Waals surface area contributed by atoms with Gasteiger partial charge >= 0.3 is 11.9 Å². The summed E-state index contributed by atoms with van der Waals surface area (Å²) in [7, 11) is 0. The van der Waals surface area contributed by atoms with Crippen LogP contribution in [0.1, 0.15) is 25.0 Å². The van der Waals surface area contributed by atoms with Crippen LogP contribution in [0.5, 0.6) is 0 Å². The summed E-state index contributed by atoms with van der Waals surface area (Å²) >= 11 is 0. The third kappa shape index (κ3) is 3.87. The van der Waals surface area contributed by atoms with Gasteiger partial charge < -0.3 is 15.2 Å². The lowest BCUT2D eigenvalue weighted by atomic mass is 9.90. The number of aryl methyl sites for hydroxylation is 1. The van der Waals surface area contributed by atoms with Crippen molar-refractivity contribution in [3.8, 4) is 11.1 Å². The van der Waals surface area contributed by atoms with E-state index >= 15 is 0 Å². The number of anilines is 1. The number of carbonyl (C=O) groups is 2. The monoisotopic (exact) mass is 365 g/mol. The van der Waals surface area contributed by atoms with Gasteiger partial charge in [0.25, 0.3) is 0 Å². The highest BCUT2D eigenvalue weighted by Crippen LogP contribution is 2.40. The number of carboxylic acid groups (broad SMARTS) is 1. The van der Waals surface area contributed by atoms with Gasteiger partial charge in [-0.25, -0.2) is 9.59 Å². The maximum atomic E-state index is 12.0. The average Bonchev–Trinajstić information content (AvgIpc) is 2.96. The van der Waals surface area contributed by atoms with Gasteiger partial charge in [-0.05, 0) is 55.2 Å². The second-order valence-electron chi connectivity index (χ2n) is 7.01. The molecule has 1 aliphatic rings. The number of hydrogen-bond donors (Lipinski definition) is 2. The topological polar surface area (TPSA) is 75.6 Å². The molecule has 0 spiro atoms. The van der Waals surface area contributed by atoms with E-state index in [9.17, 15) is 14.7 Å². The molecule has 5 heteroatoms. The molecule has 0 aromatic heterocycles. The molecule has 5 nitrogen and oxygen atoms in total. The van der Waals surface area contributed by atoms with E-state index in [4.69, 9.17) is 4.74 Å². The summed E-state index contributed by atoms with van der Waals surface area (Å²) in [5, 5.41) is 12.8. The number of ether oxygens (including phenoxy) is 1. The predicted molar refractivity (Wildman–Crippen MR) is 105 cm³/mol. The van der Waals surface area contributed by atoms with E-state index < -0.39 is 17.5 Å². The second-order valence-corrected chi connectivity index (χ2v) is 7.01. The highest BCUT2D eigenvalue weighted by molar-refractivity contribution is 6.13. The second kappa shape index (κ2) is 7.27. The largest absolute Gasteiger partial charge is 0.477 e. The van der Waals surface area contributed by atoms with Crippen molar-refractivity contribution in [1.82, 2.24) is 0 Å². The molecule has 1 atom stereocenters. The Kier molecular flexibility index (Phi) is 5.04. The number of hydrogen-bond acceptors (Lipinski definition) is 4. The smallest absolute Gasteiger partial charge is 0.345 e. The molecule has 1 unspecified atom stereocenters. The maximum absolute atomic E-state index is 12.0. The zero-order valence-electron chi connectivity index (χ0n) is 15.7. The van der Waals surface area contributed by atoms with E-state index in [1.54, 1.807) is 6.92 Å². The van der Waals surface area contributed by atoms with E-state index in [2.05, 4.69) is 23.5 Å². The van der Waals surface area contributed by atoms with E-state index in [0.717, 1.165) is 27.9 Å². The molecular formula is C22H23NO4. The summed E-state index contributed by atoms with van der Waals surface area (Å²) in [5.74, 6) is -2.10. The third-order valence-electron chi connectivity index (χ3n) is 4.63. The van der Waals surface area contributed by atoms with Crippen LogP contribution in [-0.4, -0.2) is 29.2 Å². The number of aliphatic carboxylic acids is 1. The summed E-state index contributed by atoms with van der Waals surface area (Å²) in [6.45, 7) is 5.70. The molecule has 0 saturated carbocycles. The Labute approximate surface area is 158 Å². The first-order valence-electron chi connectivity index (χ1n) is 8.93. The quantitative estimate of drug-likeness (QED) is 0.363. The Balaban J connectivity index is 2.02. The zero-order valence-corrected chi connectivity index (χ0v) is 15.7. The molecule has 0 bridgehead atoms. The number of nitrogens with one attached hydrogen (secondary N) is 1. The van der Waals surface area contributed by atoms with Crippen molar-refractivity contribution in [3.63, 3.8) is 0 Å². The van der Waals surface area contributed by atoms with Gasteiger partial charge in [-0.1, -0.05) is 36.4 Å². The predicted octanol–water partition coefficient (Wildman–Crippen LogP) is 3.96. The Morgan fingerprint density at radius 2 is 1.96 bits per heavy atom. The van der Waals surface area contributed by atoms with Crippen molar-refractivity contribution in [3.05, 3.63) is 65.2 Å². The Morgan fingerprint density at radius 3 is 2.59 bits per heavy atom. The lowest BCUT2D eigenvalue weighted by molar-refractivity contribution is -0.143. The van der Waals surface area contributed by atoms with Gasteiger partial charge in [0, 0.05) is 12.1 Å². The number of carboxylic acids is 1. The normalized spacial score (nSPS) is 18.6. The Morgan fingerprint density at radius 1 is 1.26 bits per heavy atom. The van der Waals surface area contributed by atoms with E-state index in [0.29, 0.717) is 6.42 Å². The SMILES string of the molecule is CCOC(=O)C(=CC1(C)Cc2c(cc(C)cc2-c2ccccc2)N1)C(=O)O. The number of carbonyl (C=O) groups excluding carboxylic acids is 1. The molecule has 0 amide bonds. The van der Waals surface area contributed by atoms with Gasteiger partial charge in [0.05, 0.1) is 12.1 Å². The van der Waals surface area contributed by atoms with Crippen molar-refractivity contribution >= 4 is 17.6 Å². The average molecular weight is 365 g/mol. The summed E-state index contributed by atoms with van der Waals surface area (Å²) < 4.78 is 4.89. The van der Waals surface area contributed by atoms with Crippen LogP contribution in [0.2, 0.25) is 0 Å². The van der Waals surface area contributed by atoms with Crippen molar-refractivity contribution in [1.29, 1.82) is 0 Å². The van der Waals surface area contributed by atoms with Crippen LogP contribution in [-0.2, 0) is 20.7 Å². The first-order valence-corrected chi connectivity index (χ1v) is 8.93. The molecule has 2 aromatic rings. The molecule has 1 aliphatic heterocycles. The molecule has 1 heterocycles. The van der Waals surface area contributed by atoms with Crippen LogP contribution in [0.25, 0.3) is 11.1 Å². The first kappa shape index (κ1) is 18.7. The lowest BCUT2D eigenvalue weighted by Crippen LogP contribution is -2.32. The van der Waals surface area contributed by atoms with Crippen LogP contribution in [0, 0.1) is 6.92 Å². The van der Waals surface area contributed by atoms with Crippen molar-refractivity contribution < 1.29 is 19.4 Å². The highest BCUT2D eigenvalue weighted by Gasteiger charge is 2.35.